The van der Waals surface area contributed by atoms with E-state index < -0.39 is 0 Å². The first-order valence-corrected chi connectivity index (χ1v) is 4.26. The smallest absolute Gasteiger partial charge is 0.00451 e. The van der Waals surface area contributed by atoms with E-state index in [2.05, 4.69) is 24.3 Å². The molecule has 0 saturated carbocycles. The first-order valence-electron chi connectivity index (χ1n) is 4.26. The Bertz CT molecular complexity index is 236. The van der Waals surface area contributed by atoms with E-state index in [9.17, 15) is 0 Å². The van der Waals surface area contributed by atoms with Crippen LogP contribution >= 0.6 is 0 Å². The Hall–Kier alpha value is -1.08. The SMILES string of the molecule is C[C@@H](N)C/C=C\c1ccccc1. The molecular weight excluding hydrogens is 146 g/mol. The van der Waals surface area contributed by atoms with Crippen LogP contribution in [0, 0.1) is 0 Å². The Labute approximate surface area is 73.9 Å². The first-order chi connectivity index (χ1) is 5.79. The third-order valence-electron chi connectivity index (χ3n) is 1.62. The predicted octanol–water partition coefficient (Wildman–Crippen LogP) is 2.44. The summed E-state index contributed by atoms with van der Waals surface area (Å²) in [5, 5.41) is 0. The predicted molar refractivity (Wildman–Crippen MR) is 53.7 cm³/mol. The zero-order valence-corrected chi connectivity index (χ0v) is 7.40. The molecule has 1 atom stereocenters. The third-order valence-corrected chi connectivity index (χ3v) is 1.62. The summed E-state index contributed by atoms with van der Waals surface area (Å²) < 4.78 is 0. The molecule has 0 amide bonds. The molecule has 0 unspecified atom stereocenters. The highest BCUT2D eigenvalue weighted by Crippen LogP contribution is 2.02. The van der Waals surface area contributed by atoms with Crippen molar-refractivity contribution < 1.29 is 0 Å². The average Bonchev–Trinajstić information content (AvgIpc) is 2.05. The molecule has 2 N–H and O–H groups in total. The fourth-order valence-corrected chi connectivity index (χ4v) is 0.983. The van der Waals surface area contributed by atoms with Gasteiger partial charge in [-0.25, -0.2) is 0 Å². The maximum atomic E-state index is 5.61. The van der Waals surface area contributed by atoms with Gasteiger partial charge in [0.2, 0.25) is 0 Å². The van der Waals surface area contributed by atoms with Gasteiger partial charge in [-0.3, -0.25) is 0 Å². The average molecular weight is 161 g/mol. The Kier molecular flexibility index (Phi) is 3.55. The van der Waals surface area contributed by atoms with E-state index in [1.807, 2.05) is 25.1 Å². The lowest BCUT2D eigenvalue weighted by atomic mass is 10.2. The Morgan fingerprint density at radius 2 is 2.00 bits per heavy atom. The number of hydrogen-bond acceptors (Lipinski definition) is 1. The summed E-state index contributed by atoms with van der Waals surface area (Å²) in [5.74, 6) is 0. The van der Waals surface area contributed by atoms with Crippen LogP contribution in [0.2, 0.25) is 0 Å². The fraction of sp³-hybridized carbons (Fsp3) is 0.273. The van der Waals surface area contributed by atoms with Crippen LogP contribution in [0.15, 0.2) is 36.4 Å². The van der Waals surface area contributed by atoms with Gasteiger partial charge in [0.1, 0.15) is 0 Å². The van der Waals surface area contributed by atoms with Gasteiger partial charge in [-0.1, -0.05) is 42.5 Å². The molecule has 0 heterocycles. The highest BCUT2D eigenvalue weighted by molar-refractivity contribution is 5.48. The summed E-state index contributed by atoms with van der Waals surface area (Å²) >= 11 is 0. The zero-order chi connectivity index (χ0) is 8.81. The number of rotatable bonds is 3. The van der Waals surface area contributed by atoms with E-state index in [1.165, 1.54) is 5.56 Å². The van der Waals surface area contributed by atoms with Crippen LogP contribution in [0.1, 0.15) is 18.9 Å². The summed E-state index contributed by atoms with van der Waals surface area (Å²) in [7, 11) is 0. The highest BCUT2D eigenvalue weighted by atomic mass is 14.6. The normalized spacial score (nSPS) is 13.5. The third kappa shape index (κ3) is 3.35. The topological polar surface area (TPSA) is 26.0 Å². The van der Waals surface area contributed by atoms with Gasteiger partial charge < -0.3 is 5.73 Å². The van der Waals surface area contributed by atoms with E-state index >= 15 is 0 Å². The molecule has 0 aliphatic carbocycles. The van der Waals surface area contributed by atoms with E-state index in [-0.39, 0.29) is 6.04 Å². The molecule has 1 aromatic rings. The van der Waals surface area contributed by atoms with Crippen molar-refractivity contribution >= 4 is 6.08 Å². The summed E-state index contributed by atoms with van der Waals surface area (Å²) in [6, 6.07) is 10.5. The van der Waals surface area contributed by atoms with Crippen LogP contribution in [0.4, 0.5) is 0 Å². The zero-order valence-electron chi connectivity index (χ0n) is 7.40. The molecule has 0 bridgehead atoms. The van der Waals surface area contributed by atoms with Crippen molar-refractivity contribution in [3.05, 3.63) is 42.0 Å². The van der Waals surface area contributed by atoms with Gasteiger partial charge in [0.05, 0.1) is 0 Å². The molecule has 1 rings (SSSR count). The van der Waals surface area contributed by atoms with Gasteiger partial charge in [0, 0.05) is 6.04 Å². The van der Waals surface area contributed by atoms with Crippen molar-refractivity contribution in [1.29, 1.82) is 0 Å². The van der Waals surface area contributed by atoms with Crippen LogP contribution in [0.5, 0.6) is 0 Å². The first kappa shape index (κ1) is 9.01. The van der Waals surface area contributed by atoms with Crippen molar-refractivity contribution in [2.24, 2.45) is 5.73 Å². The summed E-state index contributed by atoms with van der Waals surface area (Å²) in [6.45, 7) is 2.01. The van der Waals surface area contributed by atoms with Gasteiger partial charge in [0.15, 0.2) is 0 Å². The molecule has 0 aliphatic heterocycles. The minimum atomic E-state index is 0.255. The second kappa shape index (κ2) is 4.73. The Morgan fingerprint density at radius 3 is 2.58 bits per heavy atom. The maximum absolute atomic E-state index is 5.61. The molecule has 12 heavy (non-hydrogen) atoms. The second-order valence-corrected chi connectivity index (χ2v) is 3.03. The summed E-state index contributed by atoms with van der Waals surface area (Å²) in [6.07, 6.45) is 5.15. The lowest BCUT2D eigenvalue weighted by Gasteiger charge is -1.97. The second-order valence-electron chi connectivity index (χ2n) is 3.03. The van der Waals surface area contributed by atoms with Gasteiger partial charge >= 0.3 is 0 Å². The summed E-state index contributed by atoms with van der Waals surface area (Å²) in [5.41, 5.74) is 6.84. The van der Waals surface area contributed by atoms with E-state index in [4.69, 9.17) is 5.73 Å². The molecule has 1 nitrogen and oxygen atoms in total. The molecule has 1 aromatic carbocycles. The van der Waals surface area contributed by atoms with E-state index in [0.29, 0.717) is 0 Å². The van der Waals surface area contributed by atoms with E-state index in [0.717, 1.165) is 6.42 Å². The number of nitrogens with two attached hydrogens (primary N) is 1. The largest absolute Gasteiger partial charge is 0.328 e. The number of hydrogen-bond donors (Lipinski definition) is 1. The van der Waals surface area contributed by atoms with Gasteiger partial charge in [-0.2, -0.15) is 0 Å². The van der Waals surface area contributed by atoms with Gasteiger partial charge in [-0.15, -0.1) is 0 Å². The number of benzene rings is 1. The van der Waals surface area contributed by atoms with Gasteiger partial charge in [0.25, 0.3) is 0 Å². The van der Waals surface area contributed by atoms with Crippen molar-refractivity contribution in [1.82, 2.24) is 0 Å². The van der Waals surface area contributed by atoms with Crippen LogP contribution in [0.25, 0.3) is 6.08 Å². The minimum Gasteiger partial charge on any atom is -0.328 e. The molecule has 0 fully saturated rings. The van der Waals surface area contributed by atoms with Crippen molar-refractivity contribution in [2.75, 3.05) is 0 Å². The molecule has 0 radical (unpaired) electrons. The van der Waals surface area contributed by atoms with Crippen molar-refractivity contribution in [2.45, 2.75) is 19.4 Å². The monoisotopic (exact) mass is 161 g/mol. The van der Waals surface area contributed by atoms with Crippen LogP contribution in [-0.4, -0.2) is 6.04 Å². The lowest BCUT2D eigenvalue weighted by molar-refractivity contribution is 0.759. The molecule has 1 heteroatoms. The molecule has 0 saturated heterocycles. The van der Waals surface area contributed by atoms with Crippen molar-refractivity contribution in [3.8, 4) is 0 Å². The molecule has 64 valence electrons. The van der Waals surface area contributed by atoms with Crippen LogP contribution in [0.3, 0.4) is 0 Å². The van der Waals surface area contributed by atoms with Crippen LogP contribution < -0.4 is 5.73 Å². The maximum Gasteiger partial charge on any atom is 0.00451 e. The molecule has 0 aromatic heterocycles. The van der Waals surface area contributed by atoms with Crippen molar-refractivity contribution in [3.63, 3.8) is 0 Å². The Balaban J connectivity index is 2.47. The Morgan fingerprint density at radius 1 is 1.33 bits per heavy atom. The van der Waals surface area contributed by atoms with Crippen LogP contribution in [-0.2, 0) is 0 Å². The minimum absolute atomic E-state index is 0.255. The quantitative estimate of drug-likeness (QED) is 0.724. The molecule has 0 spiro atoms. The van der Waals surface area contributed by atoms with Gasteiger partial charge in [-0.05, 0) is 18.9 Å². The molecular formula is C11H15N. The molecule has 0 aliphatic rings. The summed E-state index contributed by atoms with van der Waals surface area (Å²) in [4.78, 5) is 0. The highest BCUT2D eigenvalue weighted by Gasteiger charge is 1.87. The fourth-order valence-electron chi connectivity index (χ4n) is 0.983. The lowest BCUT2D eigenvalue weighted by Crippen LogP contribution is -2.12. The van der Waals surface area contributed by atoms with E-state index in [1.54, 1.807) is 0 Å². The standard InChI is InChI=1S/C11H15N/c1-10(12)6-5-9-11-7-3-2-4-8-11/h2-5,7-10H,6,12H2,1H3/b9-5-/t10-/m1/s1.